The SMILES string of the molecule is CCC(C)(C)N(C(=O)C(CC(N)=O)NC(=O)OC(C)(C)C)C(C(=O)NCc1ccccc1)c1cc(C)cc(C)c1. The monoisotopic (exact) mass is 552 g/mol. The van der Waals surface area contributed by atoms with Gasteiger partial charge in [-0.1, -0.05) is 66.6 Å². The number of nitrogens with zero attached hydrogens (tertiary/aromatic N) is 1. The second kappa shape index (κ2) is 13.5. The fraction of sp³-hybridized carbons (Fsp3) is 0.484. The third-order valence-corrected chi connectivity index (χ3v) is 6.53. The topological polar surface area (TPSA) is 131 Å². The number of alkyl carbamates (subject to hydrolysis) is 1. The quantitative estimate of drug-likeness (QED) is 0.379. The molecule has 9 nitrogen and oxygen atoms in total. The highest BCUT2D eigenvalue weighted by Crippen LogP contribution is 2.33. The minimum Gasteiger partial charge on any atom is -0.444 e. The molecule has 0 saturated heterocycles. The molecule has 40 heavy (non-hydrogen) atoms. The number of ether oxygens (including phenoxy) is 1. The van der Waals surface area contributed by atoms with Crippen LogP contribution in [0.5, 0.6) is 0 Å². The van der Waals surface area contributed by atoms with Crippen LogP contribution >= 0.6 is 0 Å². The summed E-state index contributed by atoms with van der Waals surface area (Å²) in [4.78, 5) is 54.5. The molecule has 218 valence electrons. The van der Waals surface area contributed by atoms with Gasteiger partial charge in [-0.05, 0) is 66.0 Å². The predicted molar refractivity (Wildman–Crippen MR) is 155 cm³/mol. The number of benzene rings is 2. The number of aryl methyl sites for hydroxylation is 2. The molecule has 0 radical (unpaired) electrons. The number of carbonyl (C=O) groups is 4. The molecule has 2 rings (SSSR count). The number of hydrogen-bond donors (Lipinski definition) is 3. The van der Waals surface area contributed by atoms with Crippen LogP contribution in [0.4, 0.5) is 4.79 Å². The average Bonchev–Trinajstić information content (AvgIpc) is 2.83. The molecule has 4 N–H and O–H groups in total. The van der Waals surface area contributed by atoms with Crippen LogP contribution in [0.25, 0.3) is 0 Å². The summed E-state index contributed by atoms with van der Waals surface area (Å²) in [7, 11) is 0. The zero-order valence-electron chi connectivity index (χ0n) is 25.0. The summed E-state index contributed by atoms with van der Waals surface area (Å²) in [6.45, 7) is 14.8. The van der Waals surface area contributed by atoms with Crippen LogP contribution in [0.3, 0.4) is 0 Å². The lowest BCUT2D eigenvalue weighted by molar-refractivity contribution is -0.150. The molecular formula is C31H44N4O5. The first kappa shape index (κ1) is 32.3. The van der Waals surface area contributed by atoms with E-state index in [0.29, 0.717) is 12.0 Å². The summed E-state index contributed by atoms with van der Waals surface area (Å²) in [5, 5.41) is 5.51. The van der Waals surface area contributed by atoms with Crippen LogP contribution in [-0.4, -0.2) is 45.9 Å². The molecule has 2 aromatic rings. The molecule has 0 aliphatic rings. The maximum atomic E-state index is 14.3. The zero-order valence-corrected chi connectivity index (χ0v) is 25.0. The van der Waals surface area contributed by atoms with Gasteiger partial charge < -0.3 is 26.0 Å². The lowest BCUT2D eigenvalue weighted by Crippen LogP contribution is -2.60. The largest absolute Gasteiger partial charge is 0.444 e. The smallest absolute Gasteiger partial charge is 0.408 e. The number of carbonyl (C=O) groups excluding carboxylic acids is 4. The van der Waals surface area contributed by atoms with Crippen LogP contribution in [0.1, 0.15) is 82.7 Å². The molecule has 0 aliphatic carbocycles. The Hall–Kier alpha value is -3.88. The van der Waals surface area contributed by atoms with Crippen LogP contribution < -0.4 is 16.4 Å². The molecule has 0 aromatic heterocycles. The minimum atomic E-state index is -1.34. The molecule has 2 atom stereocenters. The van der Waals surface area contributed by atoms with E-state index >= 15 is 0 Å². The Bertz CT molecular complexity index is 1180. The fourth-order valence-electron chi connectivity index (χ4n) is 4.43. The number of nitrogens with one attached hydrogen (secondary N) is 2. The standard InChI is InChI=1S/C31H44N4O5/c1-9-31(7,8)35(28(38)24(18-25(32)36)34-29(39)40-30(4,5)6)26(23-16-20(2)15-21(3)17-23)27(37)33-19-22-13-11-10-12-14-22/h10-17,24,26H,9,18-19H2,1-8H3,(H2,32,36)(H,33,37)(H,34,39). The molecule has 0 heterocycles. The van der Waals surface area contributed by atoms with Crippen molar-refractivity contribution in [3.05, 3.63) is 70.8 Å². The van der Waals surface area contributed by atoms with Crippen molar-refractivity contribution in [1.82, 2.24) is 15.5 Å². The summed E-state index contributed by atoms with van der Waals surface area (Å²) in [5.74, 6) is -1.78. The Morgan fingerprint density at radius 3 is 2.02 bits per heavy atom. The zero-order chi connectivity index (χ0) is 30.3. The Kier molecular flexibility index (Phi) is 10.9. The van der Waals surface area contributed by atoms with Gasteiger partial charge in [0.25, 0.3) is 0 Å². The van der Waals surface area contributed by atoms with Crippen molar-refractivity contribution >= 4 is 23.8 Å². The van der Waals surface area contributed by atoms with Crippen molar-refractivity contribution in [3.8, 4) is 0 Å². The van der Waals surface area contributed by atoms with E-state index in [9.17, 15) is 19.2 Å². The number of amides is 4. The Morgan fingerprint density at radius 1 is 0.950 bits per heavy atom. The highest BCUT2D eigenvalue weighted by Gasteiger charge is 2.43. The molecular weight excluding hydrogens is 508 g/mol. The summed E-state index contributed by atoms with van der Waals surface area (Å²) in [6.07, 6.45) is -0.834. The number of nitrogens with two attached hydrogens (primary N) is 1. The normalized spacial score (nSPS) is 13.1. The van der Waals surface area contributed by atoms with Crippen molar-refractivity contribution in [3.63, 3.8) is 0 Å². The van der Waals surface area contributed by atoms with Gasteiger partial charge in [-0.25, -0.2) is 4.79 Å². The predicted octanol–water partition coefficient (Wildman–Crippen LogP) is 4.45. The molecule has 0 spiro atoms. The second-order valence-electron chi connectivity index (χ2n) is 11.8. The van der Waals surface area contributed by atoms with E-state index in [0.717, 1.165) is 16.7 Å². The van der Waals surface area contributed by atoms with Gasteiger partial charge in [-0.15, -0.1) is 0 Å². The van der Waals surface area contributed by atoms with Gasteiger partial charge >= 0.3 is 6.09 Å². The highest BCUT2D eigenvalue weighted by molar-refractivity contribution is 5.95. The third kappa shape index (κ3) is 9.39. The maximum absolute atomic E-state index is 14.3. The van der Waals surface area contributed by atoms with Crippen molar-refractivity contribution in [1.29, 1.82) is 0 Å². The van der Waals surface area contributed by atoms with E-state index < -0.39 is 47.6 Å². The lowest BCUT2D eigenvalue weighted by Gasteiger charge is -2.44. The lowest BCUT2D eigenvalue weighted by atomic mass is 9.90. The van der Waals surface area contributed by atoms with Crippen molar-refractivity contribution in [2.45, 2.75) is 98.0 Å². The first-order valence-corrected chi connectivity index (χ1v) is 13.5. The van der Waals surface area contributed by atoms with Gasteiger partial charge in [0.1, 0.15) is 17.7 Å². The van der Waals surface area contributed by atoms with Gasteiger partial charge in [0, 0.05) is 12.1 Å². The molecule has 2 aromatic carbocycles. The number of rotatable bonds is 11. The highest BCUT2D eigenvalue weighted by atomic mass is 16.6. The fourth-order valence-corrected chi connectivity index (χ4v) is 4.43. The Morgan fingerprint density at radius 2 is 1.52 bits per heavy atom. The Labute approximate surface area is 237 Å². The van der Waals surface area contributed by atoms with Crippen LogP contribution in [0, 0.1) is 13.8 Å². The molecule has 0 aliphatic heterocycles. The Balaban J connectivity index is 2.62. The third-order valence-electron chi connectivity index (χ3n) is 6.53. The van der Waals surface area contributed by atoms with E-state index in [4.69, 9.17) is 10.5 Å². The summed E-state index contributed by atoms with van der Waals surface area (Å²) >= 11 is 0. The molecule has 9 heteroatoms. The molecule has 2 unspecified atom stereocenters. The van der Waals surface area contributed by atoms with E-state index in [1.54, 1.807) is 20.8 Å². The van der Waals surface area contributed by atoms with E-state index in [1.165, 1.54) is 4.90 Å². The van der Waals surface area contributed by atoms with Crippen LogP contribution in [0.2, 0.25) is 0 Å². The van der Waals surface area contributed by atoms with E-state index in [1.807, 2.05) is 83.1 Å². The van der Waals surface area contributed by atoms with E-state index in [2.05, 4.69) is 10.6 Å². The molecule has 0 saturated carbocycles. The van der Waals surface area contributed by atoms with Gasteiger partial charge in [-0.3, -0.25) is 14.4 Å². The summed E-state index contributed by atoms with van der Waals surface area (Å²) < 4.78 is 5.35. The van der Waals surface area contributed by atoms with E-state index in [-0.39, 0.29) is 12.5 Å². The van der Waals surface area contributed by atoms with Crippen LogP contribution in [-0.2, 0) is 25.7 Å². The molecule has 0 bridgehead atoms. The number of primary amides is 1. The first-order valence-electron chi connectivity index (χ1n) is 13.5. The van der Waals surface area contributed by atoms with Crippen molar-refractivity contribution < 1.29 is 23.9 Å². The maximum Gasteiger partial charge on any atom is 0.408 e. The average molecular weight is 553 g/mol. The van der Waals surface area contributed by atoms with Crippen LogP contribution in [0.15, 0.2) is 48.5 Å². The molecule has 4 amide bonds. The van der Waals surface area contributed by atoms with Gasteiger partial charge in [-0.2, -0.15) is 0 Å². The molecule has 0 fully saturated rings. The number of hydrogen-bond acceptors (Lipinski definition) is 5. The minimum absolute atomic E-state index is 0.260. The van der Waals surface area contributed by atoms with Gasteiger partial charge in [0.05, 0.1) is 6.42 Å². The van der Waals surface area contributed by atoms with Gasteiger partial charge in [0.15, 0.2) is 0 Å². The summed E-state index contributed by atoms with van der Waals surface area (Å²) in [5.41, 5.74) is 7.19. The first-order chi connectivity index (χ1) is 18.5. The van der Waals surface area contributed by atoms with Gasteiger partial charge in [0.2, 0.25) is 17.7 Å². The second-order valence-corrected chi connectivity index (χ2v) is 11.8. The van der Waals surface area contributed by atoms with Crippen molar-refractivity contribution in [2.75, 3.05) is 0 Å². The van der Waals surface area contributed by atoms with Crippen molar-refractivity contribution in [2.24, 2.45) is 5.73 Å². The summed E-state index contributed by atoms with van der Waals surface area (Å²) in [6, 6.07) is 12.8.